The van der Waals surface area contributed by atoms with Crippen LogP contribution in [-0.2, 0) is 16.0 Å². The summed E-state index contributed by atoms with van der Waals surface area (Å²) in [6, 6.07) is 5.71. The smallest absolute Gasteiger partial charge is 0.170 e. The number of likely N-dealkylation sites (tertiary alicyclic amines) is 1. The topological polar surface area (TPSA) is 47.7 Å². The van der Waals surface area contributed by atoms with E-state index in [0.29, 0.717) is 5.02 Å². The molecular formula is C14H19ClN2O2. The van der Waals surface area contributed by atoms with Gasteiger partial charge in [-0.3, -0.25) is 4.90 Å². The first-order chi connectivity index (χ1) is 9.17. The van der Waals surface area contributed by atoms with E-state index in [9.17, 15) is 0 Å². The average Bonchev–Trinajstić information content (AvgIpc) is 2.84. The summed E-state index contributed by atoms with van der Waals surface area (Å²) in [7, 11) is 0. The normalized spacial score (nSPS) is 23.0. The van der Waals surface area contributed by atoms with Crippen molar-refractivity contribution in [2.24, 2.45) is 0 Å². The van der Waals surface area contributed by atoms with Gasteiger partial charge in [-0.25, -0.2) is 0 Å². The molecule has 5 heteroatoms. The van der Waals surface area contributed by atoms with Crippen LogP contribution in [0.2, 0.25) is 5.02 Å². The maximum absolute atomic E-state index is 5.99. The molecule has 0 atom stereocenters. The van der Waals surface area contributed by atoms with E-state index in [-0.39, 0.29) is 5.79 Å². The third kappa shape index (κ3) is 2.87. The zero-order chi connectivity index (χ0) is 13.3. The van der Waals surface area contributed by atoms with Crippen LogP contribution < -0.4 is 5.73 Å². The Morgan fingerprint density at radius 2 is 1.89 bits per heavy atom. The molecule has 1 aromatic carbocycles. The summed E-state index contributed by atoms with van der Waals surface area (Å²) in [6.07, 6.45) is 1.86. The third-order valence-corrected chi connectivity index (χ3v) is 4.17. The number of nitrogens with two attached hydrogens (primary N) is 1. The number of hydrogen-bond acceptors (Lipinski definition) is 4. The number of anilines is 1. The van der Waals surface area contributed by atoms with Crippen LogP contribution in [-0.4, -0.2) is 37.0 Å². The van der Waals surface area contributed by atoms with Gasteiger partial charge in [0.05, 0.1) is 13.2 Å². The van der Waals surface area contributed by atoms with Crippen molar-refractivity contribution >= 4 is 17.3 Å². The third-order valence-electron chi connectivity index (χ3n) is 3.93. The van der Waals surface area contributed by atoms with Crippen LogP contribution in [0.1, 0.15) is 18.4 Å². The summed E-state index contributed by atoms with van der Waals surface area (Å²) in [5.74, 6) is -0.304. The number of nitrogen functional groups attached to an aromatic ring is 1. The number of ether oxygens (including phenoxy) is 2. The molecule has 4 nitrogen and oxygen atoms in total. The molecule has 1 spiro atoms. The summed E-state index contributed by atoms with van der Waals surface area (Å²) in [5.41, 5.74) is 7.89. The molecule has 3 rings (SSSR count). The number of halogens is 1. The van der Waals surface area contributed by atoms with Gasteiger partial charge in [-0.05, 0) is 17.7 Å². The fourth-order valence-electron chi connectivity index (χ4n) is 2.79. The van der Waals surface area contributed by atoms with Crippen LogP contribution in [0.25, 0.3) is 0 Å². The van der Waals surface area contributed by atoms with Gasteiger partial charge in [0.1, 0.15) is 0 Å². The first kappa shape index (κ1) is 13.2. The largest absolute Gasteiger partial charge is 0.398 e. The molecule has 104 valence electrons. The van der Waals surface area contributed by atoms with Crippen molar-refractivity contribution in [3.8, 4) is 0 Å². The van der Waals surface area contributed by atoms with Crippen molar-refractivity contribution in [1.29, 1.82) is 0 Å². The van der Waals surface area contributed by atoms with E-state index in [1.165, 1.54) is 0 Å². The van der Waals surface area contributed by atoms with Gasteiger partial charge in [-0.1, -0.05) is 17.7 Å². The highest BCUT2D eigenvalue weighted by Gasteiger charge is 2.39. The number of hydrogen-bond donors (Lipinski definition) is 1. The van der Waals surface area contributed by atoms with Crippen LogP contribution in [0, 0.1) is 0 Å². The SMILES string of the molecule is Nc1cc(Cl)ccc1CN1CCC2(CC1)OCCO2. The highest BCUT2D eigenvalue weighted by Crippen LogP contribution is 2.32. The summed E-state index contributed by atoms with van der Waals surface area (Å²) >= 11 is 5.91. The molecule has 0 amide bonds. The zero-order valence-corrected chi connectivity index (χ0v) is 11.7. The van der Waals surface area contributed by atoms with Crippen LogP contribution >= 0.6 is 11.6 Å². The van der Waals surface area contributed by atoms with Gasteiger partial charge in [0.15, 0.2) is 5.79 Å². The van der Waals surface area contributed by atoms with Crippen LogP contribution in [0.4, 0.5) is 5.69 Å². The maximum atomic E-state index is 5.99. The van der Waals surface area contributed by atoms with E-state index in [4.69, 9.17) is 26.8 Å². The fourth-order valence-corrected chi connectivity index (χ4v) is 2.97. The van der Waals surface area contributed by atoms with Crippen LogP contribution in [0.5, 0.6) is 0 Å². The maximum Gasteiger partial charge on any atom is 0.170 e. The first-order valence-corrected chi connectivity index (χ1v) is 7.09. The number of benzene rings is 1. The predicted molar refractivity (Wildman–Crippen MR) is 75.0 cm³/mol. The van der Waals surface area contributed by atoms with E-state index in [2.05, 4.69) is 4.90 Å². The molecule has 1 aromatic rings. The molecule has 0 bridgehead atoms. The molecule has 2 heterocycles. The monoisotopic (exact) mass is 282 g/mol. The second kappa shape index (κ2) is 5.29. The van der Waals surface area contributed by atoms with E-state index >= 15 is 0 Å². The second-order valence-electron chi connectivity index (χ2n) is 5.23. The molecule has 2 saturated heterocycles. The summed E-state index contributed by atoms with van der Waals surface area (Å²) in [6.45, 7) is 4.26. The Hall–Kier alpha value is -0.810. The van der Waals surface area contributed by atoms with Gasteiger partial charge in [-0.15, -0.1) is 0 Å². The minimum atomic E-state index is -0.304. The van der Waals surface area contributed by atoms with Crippen molar-refractivity contribution in [2.45, 2.75) is 25.2 Å². The highest BCUT2D eigenvalue weighted by atomic mass is 35.5. The number of nitrogens with zero attached hydrogens (tertiary/aromatic N) is 1. The number of piperidine rings is 1. The minimum absolute atomic E-state index is 0.304. The van der Waals surface area contributed by atoms with Gasteiger partial charge < -0.3 is 15.2 Å². The van der Waals surface area contributed by atoms with Crippen molar-refractivity contribution in [3.05, 3.63) is 28.8 Å². The summed E-state index contributed by atoms with van der Waals surface area (Å²) < 4.78 is 11.5. The average molecular weight is 283 g/mol. The predicted octanol–water partition coefficient (Wildman–Crippen LogP) is 2.26. The minimum Gasteiger partial charge on any atom is -0.398 e. The Balaban J connectivity index is 1.60. The molecule has 0 aromatic heterocycles. The van der Waals surface area contributed by atoms with E-state index in [1.807, 2.05) is 18.2 Å². The first-order valence-electron chi connectivity index (χ1n) is 6.71. The Morgan fingerprint density at radius 3 is 2.53 bits per heavy atom. The lowest BCUT2D eigenvalue weighted by atomic mass is 10.0. The van der Waals surface area contributed by atoms with Crippen LogP contribution in [0.15, 0.2) is 18.2 Å². The van der Waals surface area contributed by atoms with Gasteiger partial charge in [0.2, 0.25) is 0 Å². The summed E-state index contributed by atoms with van der Waals surface area (Å²) in [4.78, 5) is 2.38. The molecule has 0 unspecified atom stereocenters. The van der Waals surface area contributed by atoms with E-state index in [1.54, 1.807) is 0 Å². The molecule has 19 heavy (non-hydrogen) atoms. The fraction of sp³-hybridized carbons (Fsp3) is 0.571. The van der Waals surface area contributed by atoms with E-state index < -0.39 is 0 Å². The molecule has 2 aliphatic heterocycles. The Labute approximate surface area is 118 Å². The summed E-state index contributed by atoms with van der Waals surface area (Å²) in [5, 5.41) is 0.687. The van der Waals surface area contributed by atoms with Crippen molar-refractivity contribution in [3.63, 3.8) is 0 Å². The van der Waals surface area contributed by atoms with Gasteiger partial charge in [-0.2, -0.15) is 0 Å². The molecular weight excluding hydrogens is 264 g/mol. The van der Waals surface area contributed by atoms with Crippen molar-refractivity contribution in [2.75, 3.05) is 32.0 Å². The Kier molecular flexibility index (Phi) is 3.67. The molecule has 2 aliphatic rings. The Morgan fingerprint density at radius 1 is 1.21 bits per heavy atom. The molecule has 0 saturated carbocycles. The van der Waals surface area contributed by atoms with Gasteiger partial charge in [0, 0.05) is 43.2 Å². The highest BCUT2D eigenvalue weighted by molar-refractivity contribution is 6.30. The van der Waals surface area contributed by atoms with Crippen LogP contribution in [0.3, 0.4) is 0 Å². The molecule has 0 aliphatic carbocycles. The lowest BCUT2D eigenvalue weighted by Gasteiger charge is -2.37. The van der Waals surface area contributed by atoms with Gasteiger partial charge >= 0.3 is 0 Å². The van der Waals surface area contributed by atoms with Crippen molar-refractivity contribution < 1.29 is 9.47 Å². The Bertz CT molecular complexity index is 451. The number of rotatable bonds is 2. The molecule has 2 N–H and O–H groups in total. The lowest BCUT2D eigenvalue weighted by Crippen LogP contribution is -2.44. The quantitative estimate of drug-likeness (QED) is 0.846. The van der Waals surface area contributed by atoms with Gasteiger partial charge in [0.25, 0.3) is 0 Å². The standard InChI is InChI=1S/C14H19ClN2O2/c15-12-2-1-11(13(16)9-12)10-17-5-3-14(4-6-17)18-7-8-19-14/h1-2,9H,3-8,10,16H2. The zero-order valence-electron chi connectivity index (χ0n) is 10.9. The lowest BCUT2D eigenvalue weighted by molar-refractivity contribution is -0.185. The van der Waals surface area contributed by atoms with E-state index in [0.717, 1.165) is 56.9 Å². The molecule has 2 fully saturated rings. The second-order valence-corrected chi connectivity index (χ2v) is 5.66. The van der Waals surface area contributed by atoms with Crippen molar-refractivity contribution in [1.82, 2.24) is 4.90 Å². The molecule has 0 radical (unpaired) electrons.